The van der Waals surface area contributed by atoms with Gasteiger partial charge in [-0.3, -0.25) is 4.79 Å². The van der Waals surface area contributed by atoms with E-state index >= 15 is 0 Å². The summed E-state index contributed by atoms with van der Waals surface area (Å²) >= 11 is 1.06. The highest BCUT2D eigenvalue weighted by molar-refractivity contribution is 7.11. The van der Waals surface area contributed by atoms with Crippen molar-refractivity contribution in [3.8, 4) is 0 Å². The van der Waals surface area contributed by atoms with Crippen LogP contribution in [0, 0.1) is 5.92 Å². The van der Waals surface area contributed by atoms with Crippen LogP contribution in [0.25, 0.3) is 0 Å². The van der Waals surface area contributed by atoms with Crippen LogP contribution in [0.2, 0.25) is 0 Å². The van der Waals surface area contributed by atoms with Crippen molar-refractivity contribution in [3.05, 3.63) is 16.1 Å². The van der Waals surface area contributed by atoms with Gasteiger partial charge in [0.25, 0.3) is 5.91 Å². The van der Waals surface area contributed by atoms with Crippen LogP contribution in [-0.2, 0) is 0 Å². The minimum absolute atomic E-state index is 0.0746. The lowest BCUT2D eigenvalue weighted by atomic mass is 9.97. The van der Waals surface area contributed by atoms with Gasteiger partial charge in [-0.25, -0.2) is 9.78 Å². The van der Waals surface area contributed by atoms with Crippen molar-refractivity contribution in [1.82, 2.24) is 15.2 Å². The van der Waals surface area contributed by atoms with Gasteiger partial charge in [-0.1, -0.05) is 0 Å². The van der Waals surface area contributed by atoms with Crippen LogP contribution < -0.4 is 5.32 Å². The molecule has 6 nitrogen and oxygen atoms in total. The van der Waals surface area contributed by atoms with Crippen molar-refractivity contribution in [2.75, 3.05) is 26.7 Å². The van der Waals surface area contributed by atoms with Gasteiger partial charge in [0.05, 0.1) is 0 Å². The quantitative estimate of drug-likeness (QED) is 0.858. The molecule has 7 heteroatoms. The topological polar surface area (TPSA) is 82.5 Å². The van der Waals surface area contributed by atoms with Gasteiger partial charge in [0.2, 0.25) is 0 Å². The second-order valence-electron chi connectivity index (χ2n) is 4.80. The Morgan fingerprint density at radius 2 is 2.21 bits per heavy atom. The lowest BCUT2D eigenvalue weighted by molar-refractivity contribution is 0.0691. The van der Waals surface area contributed by atoms with E-state index < -0.39 is 5.97 Å². The predicted octanol–water partition coefficient (Wildman–Crippen LogP) is 0.913. The van der Waals surface area contributed by atoms with E-state index in [1.54, 1.807) is 0 Å². The Morgan fingerprint density at radius 3 is 2.79 bits per heavy atom. The number of carboxylic acids is 1. The summed E-state index contributed by atoms with van der Waals surface area (Å²) in [5, 5.41) is 13.2. The molecule has 1 saturated heterocycles. The third kappa shape index (κ3) is 3.74. The number of carbonyl (C=O) groups is 2. The number of rotatable bonds is 4. The molecule has 0 spiro atoms. The van der Waals surface area contributed by atoms with E-state index in [0.29, 0.717) is 12.5 Å². The standard InChI is InChI=1S/C12H17N3O3S/c1-15-4-2-8(3-5-15)6-13-10(16)11-14-9(7-19-11)12(17)18/h7-8H,2-6H2,1H3,(H,13,16)(H,17,18). The molecule has 1 aromatic heterocycles. The third-order valence-electron chi connectivity index (χ3n) is 3.31. The monoisotopic (exact) mass is 283 g/mol. The Balaban J connectivity index is 1.82. The molecule has 0 unspecified atom stereocenters. The van der Waals surface area contributed by atoms with Gasteiger partial charge < -0.3 is 15.3 Å². The van der Waals surface area contributed by atoms with Gasteiger partial charge in [0.1, 0.15) is 0 Å². The number of thiazole rings is 1. The van der Waals surface area contributed by atoms with E-state index in [1.807, 2.05) is 0 Å². The fourth-order valence-corrected chi connectivity index (χ4v) is 2.76. The second-order valence-corrected chi connectivity index (χ2v) is 5.66. The van der Waals surface area contributed by atoms with Crippen LogP contribution in [-0.4, -0.2) is 53.5 Å². The first-order valence-electron chi connectivity index (χ1n) is 6.22. The van der Waals surface area contributed by atoms with Gasteiger partial charge in [0.15, 0.2) is 10.7 Å². The van der Waals surface area contributed by atoms with Crippen molar-refractivity contribution < 1.29 is 14.7 Å². The SMILES string of the molecule is CN1CCC(CNC(=O)c2nc(C(=O)O)cs2)CC1. The molecule has 0 saturated carbocycles. The molecule has 0 bridgehead atoms. The minimum atomic E-state index is -1.11. The van der Waals surface area contributed by atoms with Crippen LogP contribution in [0.1, 0.15) is 33.1 Å². The second kappa shape index (κ2) is 6.12. The minimum Gasteiger partial charge on any atom is -0.476 e. The lowest BCUT2D eigenvalue weighted by Gasteiger charge is -2.28. The third-order valence-corrected chi connectivity index (χ3v) is 4.15. The first kappa shape index (κ1) is 14.0. The van der Waals surface area contributed by atoms with Crippen molar-refractivity contribution >= 4 is 23.2 Å². The summed E-state index contributed by atoms with van der Waals surface area (Å²) in [6.07, 6.45) is 2.16. The van der Waals surface area contributed by atoms with E-state index in [1.165, 1.54) is 5.38 Å². The zero-order valence-corrected chi connectivity index (χ0v) is 11.6. The number of aromatic nitrogens is 1. The molecular formula is C12H17N3O3S. The Morgan fingerprint density at radius 1 is 1.53 bits per heavy atom. The summed E-state index contributed by atoms with van der Waals surface area (Å²) in [4.78, 5) is 28.6. The highest BCUT2D eigenvalue weighted by Gasteiger charge is 2.19. The maximum Gasteiger partial charge on any atom is 0.355 e. The molecule has 0 atom stereocenters. The highest BCUT2D eigenvalue weighted by Crippen LogP contribution is 2.15. The number of amides is 1. The van der Waals surface area contributed by atoms with Gasteiger partial charge in [-0.05, 0) is 38.9 Å². The lowest BCUT2D eigenvalue weighted by Crippen LogP contribution is -2.36. The van der Waals surface area contributed by atoms with Crippen molar-refractivity contribution in [1.29, 1.82) is 0 Å². The summed E-state index contributed by atoms with van der Waals surface area (Å²) in [5.41, 5.74) is -0.0746. The first-order chi connectivity index (χ1) is 9.06. The normalized spacial score (nSPS) is 17.3. The average Bonchev–Trinajstić information content (AvgIpc) is 2.87. The van der Waals surface area contributed by atoms with Crippen LogP contribution >= 0.6 is 11.3 Å². The molecule has 0 aliphatic carbocycles. The molecule has 2 heterocycles. The summed E-state index contributed by atoms with van der Waals surface area (Å²) < 4.78 is 0. The smallest absolute Gasteiger partial charge is 0.355 e. The van der Waals surface area contributed by atoms with Crippen LogP contribution in [0.4, 0.5) is 0 Å². The molecule has 0 aromatic carbocycles. The number of carbonyl (C=O) groups excluding carboxylic acids is 1. The zero-order valence-electron chi connectivity index (χ0n) is 10.8. The Bertz CT molecular complexity index is 467. The molecule has 1 amide bonds. The van der Waals surface area contributed by atoms with E-state index in [4.69, 9.17) is 5.11 Å². The maximum atomic E-state index is 11.8. The molecule has 1 aromatic rings. The van der Waals surface area contributed by atoms with E-state index in [9.17, 15) is 9.59 Å². The fraction of sp³-hybridized carbons (Fsp3) is 0.583. The van der Waals surface area contributed by atoms with E-state index in [-0.39, 0.29) is 16.6 Å². The molecule has 1 aliphatic heterocycles. The number of nitrogens with zero attached hydrogens (tertiary/aromatic N) is 2. The van der Waals surface area contributed by atoms with Crippen LogP contribution in [0.15, 0.2) is 5.38 Å². The molecule has 19 heavy (non-hydrogen) atoms. The molecule has 1 fully saturated rings. The maximum absolute atomic E-state index is 11.8. The Kier molecular flexibility index (Phi) is 4.49. The van der Waals surface area contributed by atoms with Crippen molar-refractivity contribution in [3.63, 3.8) is 0 Å². The summed E-state index contributed by atoms with van der Waals surface area (Å²) in [5.74, 6) is -0.888. The zero-order chi connectivity index (χ0) is 13.8. The Hall–Kier alpha value is -1.47. The number of likely N-dealkylation sites (tertiary alicyclic amines) is 1. The average molecular weight is 283 g/mol. The number of carboxylic acid groups (broad SMARTS) is 1. The summed E-state index contributed by atoms with van der Waals surface area (Å²) in [6, 6.07) is 0. The summed E-state index contributed by atoms with van der Waals surface area (Å²) in [7, 11) is 2.10. The van der Waals surface area contributed by atoms with Gasteiger partial charge in [-0.15, -0.1) is 11.3 Å². The molecule has 1 aliphatic rings. The number of hydrogen-bond donors (Lipinski definition) is 2. The molecule has 2 rings (SSSR count). The van der Waals surface area contributed by atoms with Gasteiger partial charge in [-0.2, -0.15) is 0 Å². The number of hydrogen-bond acceptors (Lipinski definition) is 5. The molecule has 2 N–H and O–H groups in total. The van der Waals surface area contributed by atoms with Crippen LogP contribution in [0.3, 0.4) is 0 Å². The molecule has 104 valence electrons. The first-order valence-corrected chi connectivity index (χ1v) is 7.10. The van der Waals surface area contributed by atoms with Crippen molar-refractivity contribution in [2.45, 2.75) is 12.8 Å². The van der Waals surface area contributed by atoms with Crippen LogP contribution in [0.5, 0.6) is 0 Å². The van der Waals surface area contributed by atoms with E-state index in [2.05, 4.69) is 22.2 Å². The van der Waals surface area contributed by atoms with Crippen molar-refractivity contribution in [2.24, 2.45) is 5.92 Å². The van der Waals surface area contributed by atoms with E-state index in [0.717, 1.165) is 37.3 Å². The number of nitrogens with one attached hydrogen (secondary N) is 1. The Labute approximate surface area is 115 Å². The molecular weight excluding hydrogens is 266 g/mol. The molecule has 0 radical (unpaired) electrons. The number of piperidine rings is 1. The highest BCUT2D eigenvalue weighted by atomic mass is 32.1. The fourth-order valence-electron chi connectivity index (χ4n) is 2.06. The van der Waals surface area contributed by atoms with Gasteiger partial charge >= 0.3 is 5.97 Å². The van der Waals surface area contributed by atoms with Gasteiger partial charge in [0, 0.05) is 11.9 Å². The number of aromatic carboxylic acids is 1. The largest absolute Gasteiger partial charge is 0.476 e. The predicted molar refractivity (Wildman–Crippen MR) is 71.6 cm³/mol. The summed E-state index contributed by atoms with van der Waals surface area (Å²) in [6.45, 7) is 2.75.